The number of hydrogen-bond acceptors (Lipinski definition) is 3. The van der Waals surface area contributed by atoms with Crippen molar-refractivity contribution >= 4 is 11.6 Å². The minimum atomic E-state index is 0.000163. The van der Waals surface area contributed by atoms with Gasteiger partial charge in [0, 0.05) is 7.05 Å². The van der Waals surface area contributed by atoms with E-state index in [0.717, 1.165) is 36.6 Å². The lowest BCUT2D eigenvalue weighted by atomic mass is 10.0. The van der Waals surface area contributed by atoms with Gasteiger partial charge in [0.25, 0.3) is 0 Å². The van der Waals surface area contributed by atoms with Crippen LogP contribution in [0.4, 0.5) is 0 Å². The third-order valence-electron chi connectivity index (χ3n) is 3.28. The van der Waals surface area contributed by atoms with Crippen LogP contribution in [0.25, 0.3) is 0 Å². The predicted molar refractivity (Wildman–Crippen MR) is 86.0 cm³/mol. The van der Waals surface area contributed by atoms with Gasteiger partial charge >= 0.3 is 0 Å². The van der Waals surface area contributed by atoms with Gasteiger partial charge in [-0.25, -0.2) is 0 Å². The molecule has 0 spiro atoms. The Balaban J connectivity index is 2.34. The van der Waals surface area contributed by atoms with Crippen LogP contribution in [0.15, 0.2) is 30.5 Å². The minimum Gasteiger partial charge on any atom is -0.494 e. The summed E-state index contributed by atoms with van der Waals surface area (Å²) in [6, 6.07) is 8.13. The third kappa shape index (κ3) is 3.77. The summed E-state index contributed by atoms with van der Waals surface area (Å²) < 4.78 is 7.53. The van der Waals surface area contributed by atoms with E-state index in [2.05, 4.69) is 36.4 Å². The van der Waals surface area contributed by atoms with Crippen LogP contribution < -0.4 is 10.1 Å². The minimum absolute atomic E-state index is 0.000163. The smallest absolute Gasteiger partial charge is 0.119 e. The van der Waals surface area contributed by atoms with E-state index in [9.17, 15) is 0 Å². The summed E-state index contributed by atoms with van der Waals surface area (Å²) in [5.41, 5.74) is 2.09. The van der Waals surface area contributed by atoms with Crippen LogP contribution in [0.5, 0.6) is 5.75 Å². The fourth-order valence-corrected chi connectivity index (χ4v) is 2.60. The van der Waals surface area contributed by atoms with E-state index >= 15 is 0 Å². The molecule has 1 heterocycles. The summed E-state index contributed by atoms with van der Waals surface area (Å²) in [6.07, 6.45) is 2.67. The molecule has 1 N–H and O–H groups in total. The zero-order valence-electron chi connectivity index (χ0n) is 12.8. The van der Waals surface area contributed by atoms with Crippen molar-refractivity contribution in [3.05, 3.63) is 46.7 Å². The topological polar surface area (TPSA) is 39.1 Å². The van der Waals surface area contributed by atoms with Crippen LogP contribution >= 0.6 is 11.6 Å². The molecule has 4 nitrogen and oxygen atoms in total. The van der Waals surface area contributed by atoms with Gasteiger partial charge in [0.05, 0.1) is 29.6 Å². The van der Waals surface area contributed by atoms with Crippen LogP contribution in [0.3, 0.4) is 0 Å². The van der Waals surface area contributed by atoms with Gasteiger partial charge in [0.2, 0.25) is 0 Å². The number of nitrogens with one attached hydrogen (secondary N) is 1. The van der Waals surface area contributed by atoms with Crippen molar-refractivity contribution in [2.75, 3.05) is 13.2 Å². The largest absolute Gasteiger partial charge is 0.494 e. The maximum atomic E-state index is 6.29. The van der Waals surface area contributed by atoms with Crippen LogP contribution in [-0.4, -0.2) is 22.9 Å². The molecule has 21 heavy (non-hydrogen) atoms. The SMILES string of the molecule is CCCOc1cccc(C(NCC)c2c(Cl)cnn2C)c1. The van der Waals surface area contributed by atoms with Gasteiger partial charge in [-0.1, -0.05) is 37.6 Å². The molecule has 1 aromatic carbocycles. The number of benzene rings is 1. The highest BCUT2D eigenvalue weighted by Crippen LogP contribution is 2.29. The lowest BCUT2D eigenvalue weighted by Gasteiger charge is -2.20. The highest BCUT2D eigenvalue weighted by Gasteiger charge is 2.20. The molecular weight excluding hydrogens is 286 g/mol. The lowest BCUT2D eigenvalue weighted by molar-refractivity contribution is 0.317. The van der Waals surface area contributed by atoms with Crippen molar-refractivity contribution in [3.8, 4) is 5.75 Å². The maximum absolute atomic E-state index is 6.29. The molecule has 0 radical (unpaired) electrons. The standard InChI is InChI=1S/C16H22ClN3O/c1-4-9-21-13-8-6-7-12(10-13)15(18-5-2)16-14(17)11-19-20(16)3/h6-8,10-11,15,18H,4-5,9H2,1-3H3. The summed E-state index contributed by atoms with van der Waals surface area (Å²) in [4.78, 5) is 0. The van der Waals surface area contributed by atoms with Crippen molar-refractivity contribution in [3.63, 3.8) is 0 Å². The lowest BCUT2D eigenvalue weighted by Crippen LogP contribution is -2.24. The summed E-state index contributed by atoms with van der Waals surface area (Å²) >= 11 is 6.29. The first kappa shape index (κ1) is 15.9. The van der Waals surface area contributed by atoms with Crippen LogP contribution in [-0.2, 0) is 7.05 Å². The first-order valence-electron chi connectivity index (χ1n) is 7.30. The Labute approximate surface area is 131 Å². The molecule has 0 bridgehead atoms. The number of ether oxygens (including phenoxy) is 1. The van der Waals surface area contributed by atoms with Gasteiger partial charge < -0.3 is 10.1 Å². The predicted octanol–water partition coefficient (Wildman–Crippen LogP) is 3.56. The monoisotopic (exact) mass is 307 g/mol. The normalized spacial score (nSPS) is 12.4. The number of halogens is 1. The molecule has 114 valence electrons. The number of aryl methyl sites for hydroxylation is 1. The summed E-state index contributed by atoms with van der Waals surface area (Å²) in [5.74, 6) is 0.885. The van der Waals surface area contributed by atoms with Gasteiger partial charge in [-0.15, -0.1) is 0 Å². The van der Waals surface area contributed by atoms with E-state index in [0.29, 0.717) is 5.02 Å². The second-order valence-electron chi connectivity index (χ2n) is 4.91. The number of nitrogens with zero attached hydrogens (tertiary/aromatic N) is 2. The molecular formula is C16H22ClN3O. The van der Waals surface area contributed by atoms with E-state index in [1.54, 1.807) is 6.20 Å². The fraction of sp³-hybridized carbons (Fsp3) is 0.438. The Morgan fingerprint density at radius 3 is 2.81 bits per heavy atom. The Hall–Kier alpha value is -1.52. The molecule has 1 aromatic heterocycles. The summed E-state index contributed by atoms with van der Waals surface area (Å²) in [6.45, 7) is 5.74. The summed E-state index contributed by atoms with van der Waals surface area (Å²) in [5, 5.41) is 8.37. The van der Waals surface area contributed by atoms with E-state index < -0.39 is 0 Å². The van der Waals surface area contributed by atoms with Crippen molar-refractivity contribution in [2.45, 2.75) is 26.3 Å². The van der Waals surface area contributed by atoms with Crippen molar-refractivity contribution < 1.29 is 4.74 Å². The quantitative estimate of drug-likeness (QED) is 0.850. The second-order valence-corrected chi connectivity index (χ2v) is 5.32. The molecule has 1 atom stereocenters. The number of aromatic nitrogens is 2. The van der Waals surface area contributed by atoms with Crippen LogP contribution in [0, 0.1) is 0 Å². The third-order valence-corrected chi connectivity index (χ3v) is 3.57. The molecule has 0 saturated heterocycles. The van der Waals surface area contributed by atoms with E-state index in [-0.39, 0.29) is 6.04 Å². The molecule has 2 aromatic rings. The molecule has 5 heteroatoms. The molecule has 2 rings (SSSR count). The van der Waals surface area contributed by atoms with Crippen LogP contribution in [0.2, 0.25) is 5.02 Å². The van der Waals surface area contributed by atoms with E-state index in [1.165, 1.54) is 0 Å². The van der Waals surface area contributed by atoms with Crippen molar-refractivity contribution in [2.24, 2.45) is 7.05 Å². The average Bonchev–Trinajstić information content (AvgIpc) is 2.82. The molecule has 0 fully saturated rings. The van der Waals surface area contributed by atoms with Gasteiger partial charge in [-0.3, -0.25) is 4.68 Å². The highest BCUT2D eigenvalue weighted by molar-refractivity contribution is 6.31. The van der Waals surface area contributed by atoms with Gasteiger partial charge in [0.1, 0.15) is 5.75 Å². The Morgan fingerprint density at radius 2 is 2.19 bits per heavy atom. The average molecular weight is 308 g/mol. The first-order chi connectivity index (χ1) is 10.2. The van der Waals surface area contributed by atoms with Crippen molar-refractivity contribution in [1.82, 2.24) is 15.1 Å². The first-order valence-corrected chi connectivity index (χ1v) is 7.68. The van der Waals surface area contributed by atoms with E-state index in [4.69, 9.17) is 16.3 Å². The van der Waals surface area contributed by atoms with Crippen molar-refractivity contribution in [1.29, 1.82) is 0 Å². The molecule has 1 unspecified atom stereocenters. The zero-order valence-corrected chi connectivity index (χ0v) is 13.5. The Kier molecular flexibility index (Phi) is 5.65. The Morgan fingerprint density at radius 1 is 1.38 bits per heavy atom. The molecule has 0 aliphatic carbocycles. The Bertz CT molecular complexity index is 563. The van der Waals surface area contributed by atoms with Gasteiger partial charge in [0.15, 0.2) is 0 Å². The van der Waals surface area contributed by atoms with Gasteiger partial charge in [-0.05, 0) is 30.7 Å². The zero-order chi connectivity index (χ0) is 15.2. The molecule has 0 aliphatic heterocycles. The van der Waals surface area contributed by atoms with Gasteiger partial charge in [-0.2, -0.15) is 5.10 Å². The number of hydrogen-bond donors (Lipinski definition) is 1. The maximum Gasteiger partial charge on any atom is 0.119 e. The number of rotatable bonds is 7. The second kappa shape index (κ2) is 7.48. The molecule has 0 aliphatic rings. The molecule has 0 amide bonds. The van der Waals surface area contributed by atoms with E-state index in [1.807, 2.05) is 23.9 Å². The fourth-order valence-electron chi connectivity index (χ4n) is 2.33. The summed E-state index contributed by atoms with van der Waals surface area (Å²) in [7, 11) is 1.91. The highest BCUT2D eigenvalue weighted by atomic mass is 35.5. The van der Waals surface area contributed by atoms with Crippen LogP contribution in [0.1, 0.15) is 37.6 Å². The molecule has 0 saturated carbocycles.